The highest BCUT2D eigenvalue weighted by atomic mass is 14.5. The van der Waals surface area contributed by atoms with Gasteiger partial charge in [-0.05, 0) is 76.3 Å². The van der Waals surface area contributed by atoms with E-state index in [0.29, 0.717) is 23.7 Å². The second kappa shape index (κ2) is 10.5. The van der Waals surface area contributed by atoms with E-state index in [9.17, 15) is 0 Å². The molecule has 0 heterocycles. The van der Waals surface area contributed by atoms with Crippen molar-refractivity contribution in [2.75, 3.05) is 0 Å². The maximum absolute atomic E-state index is 2.60. The summed E-state index contributed by atoms with van der Waals surface area (Å²) in [6.07, 6.45) is 7.53. The van der Waals surface area contributed by atoms with Crippen molar-refractivity contribution in [1.82, 2.24) is 0 Å². The summed E-state index contributed by atoms with van der Waals surface area (Å²) in [5.74, 6) is 2.06. The quantitative estimate of drug-likeness (QED) is 0.325. The van der Waals surface area contributed by atoms with E-state index >= 15 is 0 Å². The average molecular weight is 469 g/mol. The number of allylic oxidation sites excluding steroid dienone is 4. The summed E-state index contributed by atoms with van der Waals surface area (Å²) in [4.78, 5) is 0. The van der Waals surface area contributed by atoms with Crippen molar-refractivity contribution in [2.24, 2.45) is 17.3 Å². The Kier molecular flexibility index (Phi) is 7.80. The van der Waals surface area contributed by atoms with E-state index in [1.165, 1.54) is 49.7 Å². The van der Waals surface area contributed by atoms with Gasteiger partial charge in [0.25, 0.3) is 0 Å². The number of fused-ring (bicyclic) bond motifs is 2. The van der Waals surface area contributed by atoms with Crippen LogP contribution in [-0.2, 0) is 0 Å². The molecular formula is C35H48. The Morgan fingerprint density at radius 2 is 1.00 bits per heavy atom. The highest BCUT2D eigenvalue weighted by Gasteiger charge is 2.49. The van der Waals surface area contributed by atoms with E-state index in [2.05, 4.69) is 104 Å². The van der Waals surface area contributed by atoms with E-state index in [-0.39, 0.29) is 5.41 Å². The Labute approximate surface area is 215 Å². The monoisotopic (exact) mass is 468 g/mol. The molecule has 0 aromatic heterocycles. The van der Waals surface area contributed by atoms with E-state index in [1.807, 2.05) is 0 Å². The predicted molar refractivity (Wildman–Crippen MR) is 155 cm³/mol. The lowest BCUT2D eigenvalue weighted by Gasteiger charge is -2.42. The van der Waals surface area contributed by atoms with Crippen molar-refractivity contribution in [3.05, 3.63) is 81.9 Å². The molecule has 0 nitrogen and oxygen atoms in total. The summed E-state index contributed by atoms with van der Waals surface area (Å²) in [6, 6.07) is 18.8. The molecule has 2 unspecified atom stereocenters. The molecule has 0 saturated heterocycles. The van der Waals surface area contributed by atoms with Crippen LogP contribution in [0.25, 0.3) is 11.1 Å². The minimum Gasteiger partial charge on any atom is -0.0654 e. The van der Waals surface area contributed by atoms with Crippen LogP contribution < -0.4 is 0 Å². The molecule has 2 aliphatic rings. The fourth-order valence-corrected chi connectivity index (χ4v) is 7.54. The molecule has 0 bridgehead atoms. The van der Waals surface area contributed by atoms with Crippen LogP contribution in [0.1, 0.15) is 128 Å². The van der Waals surface area contributed by atoms with E-state index in [0.717, 1.165) is 0 Å². The highest BCUT2D eigenvalue weighted by Crippen LogP contribution is 2.63. The fraction of sp³-hybridized carbons (Fsp3) is 0.543. The molecule has 2 aromatic rings. The molecule has 4 rings (SSSR count). The number of benzene rings is 2. The van der Waals surface area contributed by atoms with Crippen LogP contribution in [0, 0.1) is 17.3 Å². The van der Waals surface area contributed by atoms with Gasteiger partial charge in [0.1, 0.15) is 0 Å². The van der Waals surface area contributed by atoms with Gasteiger partial charge >= 0.3 is 0 Å². The zero-order valence-corrected chi connectivity index (χ0v) is 23.7. The minimum atomic E-state index is 0.103. The van der Waals surface area contributed by atoms with Gasteiger partial charge in [-0.2, -0.15) is 0 Å². The van der Waals surface area contributed by atoms with Crippen molar-refractivity contribution >= 4 is 11.1 Å². The Hall–Kier alpha value is -2.08. The standard InChI is InChI=1S/C35H48/c1-9-11-17-29-31(23(3)4)25-19-13-15-21-27(25)33(29)35(7,8)34-28-22-16-14-20-26(28)32(24(5)6)30(34)18-12-10-2/h13-16,19-24,33-34H,9-12,17-18H2,1-8H3. The van der Waals surface area contributed by atoms with Gasteiger partial charge < -0.3 is 0 Å². The molecule has 0 fully saturated rings. The fourth-order valence-electron chi connectivity index (χ4n) is 7.54. The maximum Gasteiger partial charge on any atom is 0.0120 e. The minimum absolute atomic E-state index is 0.103. The molecule has 35 heavy (non-hydrogen) atoms. The summed E-state index contributed by atoms with van der Waals surface area (Å²) >= 11 is 0. The third kappa shape index (κ3) is 4.47. The molecule has 2 aliphatic carbocycles. The van der Waals surface area contributed by atoms with Crippen LogP contribution in [0.3, 0.4) is 0 Å². The smallest absolute Gasteiger partial charge is 0.0120 e. The molecular weight excluding hydrogens is 420 g/mol. The van der Waals surface area contributed by atoms with Gasteiger partial charge in [-0.15, -0.1) is 0 Å². The van der Waals surface area contributed by atoms with Crippen LogP contribution in [0.2, 0.25) is 0 Å². The SMILES string of the molecule is CCCCC1=C(C(C)C)c2ccccc2C1C(C)(C)C1C(CCCC)=C(C(C)C)c2ccccc21. The van der Waals surface area contributed by atoms with Crippen LogP contribution >= 0.6 is 0 Å². The van der Waals surface area contributed by atoms with Gasteiger partial charge in [-0.3, -0.25) is 0 Å². The van der Waals surface area contributed by atoms with Gasteiger partial charge in [0.15, 0.2) is 0 Å². The zero-order chi connectivity index (χ0) is 25.3. The molecule has 2 atom stereocenters. The molecule has 0 N–H and O–H groups in total. The van der Waals surface area contributed by atoms with Crippen molar-refractivity contribution in [1.29, 1.82) is 0 Å². The molecule has 2 aromatic carbocycles. The van der Waals surface area contributed by atoms with Crippen molar-refractivity contribution in [3.63, 3.8) is 0 Å². The number of hydrogen-bond donors (Lipinski definition) is 0. The van der Waals surface area contributed by atoms with E-state index in [1.54, 1.807) is 33.4 Å². The first-order chi connectivity index (χ1) is 16.8. The van der Waals surface area contributed by atoms with Gasteiger partial charge in [0.05, 0.1) is 0 Å². The zero-order valence-electron chi connectivity index (χ0n) is 23.7. The normalized spacial score (nSPS) is 19.8. The summed E-state index contributed by atoms with van der Waals surface area (Å²) < 4.78 is 0. The van der Waals surface area contributed by atoms with Gasteiger partial charge in [0.2, 0.25) is 0 Å². The van der Waals surface area contributed by atoms with Gasteiger partial charge in [0, 0.05) is 11.8 Å². The second-order valence-electron chi connectivity index (χ2n) is 12.3. The summed E-state index contributed by atoms with van der Waals surface area (Å²) in [7, 11) is 0. The van der Waals surface area contributed by atoms with Gasteiger partial charge in [-0.25, -0.2) is 0 Å². The van der Waals surface area contributed by atoms with E-state index < -0.39 is 0 Å². The largest absolute Gasteiger partial charge is 0.0654 e. The first kappa shape index (κ1) is 26.0. The first-order valence-corrected chi connectivity index (χ1v) is 14.4. The van der Waals surface area contributed by atoms with Crippen LogP contribution in [0.15, 0.2) is 59.7 Å². The van der Waals surface area contributed by atoms with Crippen LogP contribution in [-0.4, -0.2) is 0 Å². The Morgan fingerprint density at radius 3 is 1.34 bits per heavy atom. The third-order valence-corrected chi connectivity index (χ3v) is 8.75. The molecule has 0 aliphatic heterocycles. The number of rotatable bonds is 10. The number of hydrogen-bond acceptors (Lipinski definition) is 0. The lowest BCUT2D eigenvalue weighted by molar-refractivity contribution is 0.266. The predicted octanol–water partition coefficient (Wildman–Crippen LogP) is 10.8. The molecule has 0 saturated carbocycles. The molecule has 0 radical (unpaired) electrons. The van der Waals surface area contributed by atoms with Crippen molar-refractivity contribution in [3.8, 4) is 0 Å². The third-order valence-electron chi connectivity index (χ3n) is 8.75. The van der Waals surface area contributed by atoms with E-state index in [4.69, 9.17) is 0 Å². The molecule has 188 valence electrons. The topological polar surface area (TPSA) is 0 Å². The van der Waals surface area contributed by atoms with Crippen LogP contribution in [0.5, 0.6) is 0 Å². The van der Waals surface area contributed by atoms with Gasteiger partial charge in [-0.1, -0.05) is 128 Å². The lowest BCUT2D eigenvalue weighted by Crippen LogP contribution is -2.31. The van der Waals surface area contributed by atoms with Crippen molar-refractivity contribution in [2.45, 2.75) is 106 Å². The number of unbranched alkanes of at least 4 members (excludes halogenated alkanes) is 2. The molecule has 0 spiro atoms. The summed E-state index contributed by atoms with van der Waals surface area (Å²) in [5.41, 5.74) is 13.1. The highest BCUT2D eigenvalue weighted by molar-refractivity contribution is 5.82. The Balaban J connectivity index is 1.94. The molecule has 0 amide bonds. The first-order valence-electron chi connectivity index (χ1n) is 14.4. The second-order valence-corrected chi connectivity index (χ2v) is 12.3. The average Bonchev–Trinajstić information content (AvgIpc) is 3.34. The lowest BCUT2D eigenvalue weighted by atomic mass is 9.61. The Morgan fingerprint density at radius 1 is 0.629 bits per heavy atom. The van der Waals surface area contributed by atoms with Crippen molar-refractivity contribution < 1.29 is 0 Å². The Bertz CT molecular complexity index is 1020. The molecule has 0 heteroatoms. The van der Waals surface area contributed by atoms with Crippen LogP contribution in [0.4, 0.5) is 0 Å². The summed E-state index contributed by atoms with van der Waals surface area (Å²) in [5, 5.41) is 0. The maximum atomic E-state index is 2.60. The summed E-state index contributed by atoms with van der Waals surface area (Å²) in [6.45, 7) is 19.5.